The van der Waals surface area contributed by atoms with Gasteiger partial charge in [-0.3, -0.25) is 4.79 Å². The van der Waals surface area contributed by atoms with Crippen molar-refractivity contribution in [1.29, 1.82) is 0 Å². The highest BCUT2D eigenvalue weighted by molar-refractivity contribution is 5.46. The second-order valence-corrected chi connectivity index (χ2v) is 10.6. The molecule has 34 heavy (non-hydrogen) atoms. The minimum Gasteiger partial charge on any atom is -0.356 e. The summed E-state index contributed by atoms with van der Waals surface area (Å²) in [4.78, 5) is 24.1. The molecule has 1 aliphatic heterocycles. The van der Waals surface area contributed by atoms with E-state index >= 15 is 0 Å². The van der Waals surface area contributed by atoms with E-state index in [0.29, 0.717) is 23.6 Å². The first-order chi connectivity index (χ1) is 16.1. The largest absolute Gasteiger partial charge is 0.400 e. The number of ether oxygens (including phenoxy) is 1. The molecule has 1 saturated heterocycles. The Morgan fingerprint density at radius 3 is 2.50 bits per heavy atom. The molecule has 1 amide bonds. The summed E-state index contributed by atoms with van der Waals surface area (Å²) in [6.45, 7) is 11.7. The molecule has 0 radical (unpaired) electrons. The van der Waals surface area contributed by atoms with Crippen LogP contribution in [0.4, 0.5) is 14.6 Å². The van der Waals surface area contributed by atoms with Gasteiger partial charge in [0.2, 0.25) is 6.41 Å². The lowest BCUT2D eigenvalue weighted by molar-refractivity contribution is -0.248. The fourth-order valence-corrected chi connectivity index (χ4v) is 4.84. The van der Waals surface area contributed by atoms with Gasteiger partial charge in [0, 0.05) is 37.2 Å². The Balaban J connectivity index is 1.62. The van der Waals surface area contributed by atoms with Gasteiger partial charge in [0.15, 0.2) is 0 Å². The number of carbonyl (C=O) groups is 1. The van der Waals surface area contributed by atoms with Gasteiger partial charge in [-0.15, -0.1) is 0 Å². The number of halogens is 2. The number of aromatic nitrogens is 2. The Morgan fingerprint density at radius 2 is 1.85 bits per heavy atom. The zero-order valence-electron chi connectivity index (χ0n) is 21.2. The number of carbonyl (C=O) groups excluding carboxylic acids is 1. The molecular weight excluding hydrogens is 440 g/mol. The average Bonchev–Trinajstić information content (AvgIpc) is 3.04. The van der Waals surface area contributed by atoms with Crippen molar-refractivity contribution in [3.63, 3.8) is 0 Å². The summed E-state index contributed by atoms with van der Waals surface area (Å²) >= 11 is 0. The van der Waals surface area contributed by atoms with E-state index in [1.165, 1.54) is 25.3 Å². The zero-order valence-corrected chi connectivity index (χ0v) is 21.2. The van der Waals surface area contributed by atoms with Gasteiger partial charge >= 0.3 is 6.11 Å². The van der Waals surface area contributed by atoms with Crippen LogP contribution in [0.1, 0.15) is 77.7 Å². The molecule has 2 heterocycles. The molecule has 2 fully saturated rings. The predicted octanol–water partition coefficient (Wildman–Crippen LogP) is 4.07. The van der Waals surface area contributed by atoms with Crippen LogP contribution >= 0.6 is 0 Å². The third-order valence-corrected chi connectivity index (χ3v) is 6.92. The van der Waals surface area contributed by atoms with Gasteiger partial charge in [0.25, 0.3) is 0 Å². The monoisotopic (exact) mass is 481 g/mol. The Hall–Kier alpha value is -1.87. The van der Waals surface area contributed by atoms with Crippen LogP contribution in [-0.2, 0) is 21.1 Å². The molecule has 0 bridgehead atoms. The lowest BCUT2D eigenvalue weighted by atomic mass is 9.84. The van der Waals surface area contributed by atoms with Gasteiger partial charge in [-0.2, -0.15) is 8.78 Å². The summed E-state index contributed by atoms with van der Waals surface area (Å²) in [5.41, 5.74) is -0.824. The van der Waals surface area contributed by atoms with E-state index < -0.39 is 11.5 Å². The Bertz CT molecular complexity index is 794. The zero-order chi connectivity index (χ0) is 24.8. The second kappa shape index (κ2) is 11.7. The molecule has 192 valence electrons. The molecule has 0 unspecified atom stereocenters. The summed E-state index contributed by atoms with van der Waals surface area (Å²) in [6, 6.07) is 1.73. The lowest BCUT2D eigenvalue weighted by Crippen LogP contribution is -2.35. The quantitative estimate of drug-likeness (QED) is 0.537. The van der Waals surface area contributed by atoms with E-state index in [0.717, 1.165) is 58.4 Å². The fraction of sp³-hybridized carbons (Fsp3) is 0.800. The Labute approximate surface area is 202 Å². The standard InChI is InChI=1S/C25H41F2N5O2/c1-5-34-25(26,27)21-17-22(30-23(29-21)24(2,3)4)32-13-6-12-31(15-16-32)14-11-19-7-9-20(10-8-19)28-18-33/h17-20H,5-16H2,1-4H3,(H,28,33). The van der Waals surface area contributed by atoms with Crippen LogP contribution in [-0.4, -0.2) is 66.7 Å². The molecule has 0 spiro atoms. The van der Waals surface area contributed by atoms with Crippen LogP contribution in [0.3, 0.4) is 0 Å². The Morgan fingerprint density at radius 1 is 1.12 bits per heavy atom. The molecule has 3 rings (SSSR count). The highest BCUT2D eigenvalue weighted by atomic mass is 19.3. The minimum atomic E-state index is -3.44. The second-order valence-electron chi connectivity index (χ2n) is 10.6. The molecule has 1 aromatic rings. The number of nitrogens with zero attached hydrogens (tertiary/aromatic N) is 4. The van der Waals surface area contributed by atoms with Crippen LogP contribution < -0.4 is 10.2 Å². The normalized spacial score (nSPS) is 22.9. The van der Waals surface area contributed by atoms with E-state index in [1.807, 2.05) is 20.8 Å². The molecule has 9 heteroatoms. The molecule has 0 aromatic carbocycles. The molecule has 7 nitrogen and oxygen atoms in total. The molecule has 0 atom stereocenters. The summed E-state index contributed by atoms with van der Waals surface area (Å²) in [5, 5.41) is 2.91. The van der Waals surface area contributed by atoms with Crippen molar-refractivity contribution in [1.82, 2.24) is 20.2 Å². The van der Waals surface area contributed by atoms with E-state index in [-0.39, 0.29) is 12.3 Å². The van der Waals surface area contributed by atoms with Crippen LogP contribution in [0.25, 0.3) is 0 Å². The third-order valence-electron chi connectivity index (χ3n) is 6.92. The van der Waals surface area contributed by atoms with Crippen LogP contribution in [0.15, 0.2) is 6.07 Å². The summed E-state index contributed by atoms with van der Waals surface area (Å²) < 4.78 is 33.9. The number of hydrogen-bond acceptors (Lipinski definition) is 6. The smallest absolute Gasteiger partial charge is 0.356 e. The molecule has 2 aliphatic rings. The third kappa shape index (κ3) is 7.31. The van der Waals surface area contributed by atoms with E-state index in [1.54, 1.807) is 6.92 Å². The number of rotatable bonds is 9. The van der Waals surface area contributed by atoms with Gasteiger partial charge < -0.3 is 19.9 Å². The minimum absolute atomic E-state index is 0.0922. The number of amides is 1. The van der Waals surface area contributed by atoms with Gasteiger partial charge in [0.05, 0.1) is 6.61 Å². The lowest BCUT2D eigenvalue weighted by Gasteiger charge is -2.30. The number of anilines is 1. The first-order valence-corrected chi connectivity index (χ1v) is 12.7. The maximum absolute atomic E-state index is 14.6. The maximum atomic E-state index is 14.6. The number of nitrogens with one attached hydrogen (secondary N) is 1. The average molecular weight is 482 g/mol. The molecule has 1 aliphatic carbocycles. The highest BCUT2D eigenvalue weighted by Gasteiger charge is 2.37. The van der Waals surface area contributed by atoms with Crippen molar-refractivity contribution in [2.75, 3.05) is 44.2 Å². The molecule has 1 saturated carbocycles. The van der Waals surface area contributed by atoms with Crippen molar-refractivity contribution >= 4 is 12.2 Å². The highest BCUT2D eigenvalue weighted by Crippen LogP contribution is 2.32. The first-order valence-electron chi connectivity index (χ1n) is 12.7. The first kappa shape index (κ1) is 26.7. The Kier molecular flexibility index (Phi) is 9.20. The van der Waals surface area contributed by atoms with Crippen LogP contribution in [0, 0.1) is 5.92 Å². The SMILES string of the molecule is CCOC(F)(F)c1cc(N2CCCN(CCC3CCC(NC=O)CC3)CC2)nc(C(C)(C)C)n1. The topological polar surface area (TPSA) is 70.6 Å². The van der Waals surface area contributed by atoms with Crippen molar-refractivity contribution in [2.24, 2.45) is 5.92 Å². The van der Waals surface area contributed by atoms with E-state index in [4.69, 9.17) is 4.74 Å². The maximum Gasteiger partial charge on any atom is 0.400 e. The van der Waals surface area contributed by atoms with Crippen molar-refractivity contribution in [3.8, 4) is 0 Å². The van der Waals surface area contributed by atoms with Gasteiger partial charge in [-0.25, -0.2) is 9.97 Å². The number of hydrogen-bond donors (Lipinski definition) is 1. The van der Waals surface area contributed by atoms with Crippen molar-refractivity contribution in [3.05, 3.63) is 17.6 Å². The van der Waals surface area contributed by atoms with Crippen molar-refractivity contribution in [2.45, 2.75) is 83.8 Å². The summed E-state index contributed by atoms with van der Waals surface area (Å²) in [7, 11) is 0. The number of alkyl halides is 2. The predicted molar refractivity (Wildman–Crippen MR) is 129 cm³/mol. The molecular formula is C25H41F2N5O2. The fourth-order valence-electron chi connectivity index (χ4n) is 4.84. The van der Waals surface area contributed by atoms with E-state index in [2.05, 4.69) is 25.1 Å². The van der Waals surface area contributed by atoms with Gasteiger partial charge in [-0.05, 0) is 64.5 Å². The van der Waals surface area contributed by atoms with Gasteiger partial charge in [-0.1, -0.05) is 20.8 Å². The van der Waals surface area contributed by atoms with Crippen LogP contribution in [0.2, 0.25) is 0 Å². The molecule has 1 aromatic heterocycles. The van der Waals surface area contributed by atoms with Gasteiger partial charge in [0.1, 0.15) is 17.3 Å². The van der Waals surface area contributed by atoms with Crippen molar-refractivity contribution < 1.29 is 18.3 Å². The van der Waals surface area contributed by atoms with E-state index in [9.17, 15) is 13.6 Å². The van der Waals surface area contributed by atoms with Crippen LogP contribution in [0.5, 0.6) is 0 Å². The molecule has 1 N–H and O–H groups in total. The summed E-state index contributed by atoms with van der Waals surface area (Å²) in [5.74, 6) is 1.67. The summed E-state index contributed by atoms with van der Waals surface area (Å²) in [6.07, 6.45) is 3.97.